The summed E-state index contributed by atoms with van der Waals surface area (Å²) in [4.78, 5) is 15.6. The summed E-state index contributed by atoms with van der Waals surface area (Å²) in [6, 6.07) is 2.11. The maximum Gasteiger partial charge on any atom is 0.323 e. The minimum absolute atomic E-state index is 0.0331. The largest absolute Gasteiger partial charge is 0.464 e. The molecule has 2 rings (SSSR count). The fourth-order valence-electron chi connectivity index (χ4n) is 2.15. The highest BCUT2D eigenvalue weighted by atomic mass is 16.5. The van der Waals surface area contributed by atoms with Gasteiger partial charge in [0, 0.05) is 32.6 Å². The van der Waals surface area contributed by atoms with E-state index in [1.165, 1.54) is 0 Å². The van der Waals surface area contributed by atoms with Gasteiger partial charge in [0.25, 0.3) is 0 Å². The molecule has 5 heteroatoms. The summed E-state index contributed by atoms with van der Waals surface area (Å²) in [5, 5.41) is 8.56. The van der Waals surface area contributed by atoms with E-state index in [4.69, 9.17) is 10.00 Å². The predicted molar refractivity (Wildman–Crippen MR) is 53.0 cm³/mol. The summed E-state index contributed by atoms with van der Waals surface area (Å²) in [7, 11) is 0. The van der Waals surface area contributed by atoms with E-state index in [1.807, 2.05) is 0 Å². The van der Waals surface area contributed by atoms with Crippen LogP contribution >= 0.6 is 0 Å². The van der Waals surface area contributed by atoms with Crippen molar-refractivity contribution in [1.82, 2.24) is 9.80 Å². The van der Waals surface area contributed by atoms with E-state index in [9.17, 15) is 4.79 Å². The number of cyclic esters (lactones) is 1. The van der Waals surface area contributed by atoms with E-state index >= 15 is 0 Å². The highest BCUT2D eigenvalue weighted by molar-refractivity contribution is 5.77. The van der Waals surface area contributed by atoms with Gasteiger partial charge in [-0.05, 0) is 0 Å². The lowest BCUT2D eigenvalue weighted by Gasteiger charge is -2.35. The molecule has 1 unspecified atom stereocenters. The van der Waals surface area contributed by atoms with E-state index in [0.717, 1.165) is 32.6 Å². The summed E-state index contributed by atoms with van der Waals surface area (Å²) in [5.41, 5.74) is 0. The quantitative estimate of drug-likeness (QED) is 0.451. The van der Waals surface area contributed by atoms with E-state index in [-0.39, 0.29) is 12.0 Å². The highest BCUT2D eigenvalue weighted by Gasteiger charge is 2.33. The zero-order valence-electron chi connectivity index (χ0n) is 8.69. The second-order valence-electron chi connectivity index (χ2n) is 3.94. The number of hydrogen-bond donors (Lipinski definition) is 0. The van der Waals surface area contributed by atoms with Crippen LogP contribution in [-0.4, -0.2) is 61.1 Å². The van der Waals surface area contributed by atoms with Gasteiger partial charge >= 0.3 is 5.97 Å². The van der Waals surface area contributed by atoms with Gasteiger partial charge < -0.3 is 4.74 Å². The minimum Gasteiger partial charge on any atom is -0.464 e. The molecule has 82 valence electrons. The molecule has 0 aliphatic carbocycles. The molecule has 0 aromatic heterocycles. The molecule has 2 saturated heterocycles. The molecule has 0 spiro atoms. The summed E-state index contributed by atoms with van der Waals surface area (Å²) >= 11 is 0. The molecule has 0 aromatic carbocycles. The van der Waals surface area contributed by atoms with Gasteiger partial charge in [-0.1, -0.05) is 0 Å². The number of hydrogen-bond acceptors (Lipinski definition) is 5. The number of ether oxygens (including phenoxy) is 1. The molecule has 0 aromatic rings. The lowest BCUT2D eigenvalue weighted by molar-refractivity contribution is -0.142. The molecule has 0 N–H and O–H groups in total. The fraction of sp³-hybridized carbons (Fsp3) is 0.800. The molecular formula is C10H15N3O2. The van der Waals surface area contributed by atoms with Crippen molar-refractivity contribution in [3.05, 3.63) is 0 Å². The Bertz CT molecular complexity index is 279. The topological polar surface area (TPSA) is 56.6 Å². The van der Waals surface area contributed by atoms with E-state index in [2.05, 4.69) is 15.9 Å². The lowest BCUT2D eigenvalue weighted by Crippen LogP contribution is -2.51. The third-order valence-electron chi connectivity index (χ3n) is 3.05. The number of nitrogens with zero attached hydrogens (tertiary/aromatic N) is 3. The van der Waals surface area contributed by atoms with Gasteiger partial charge in [0.2, 0.25) is 0 Å². The van der Waals surface area contributed by atoms with Crippen LogP contribution in [-0.2, 0) is 9.53 Å². The SMILES string of the molecule is N#CCN1CCN(C2CCOC2=O)CC1. The first kappa shape index (κ1) is 10.4. The van der Waals surface area contributed by atoms with Crippen molar-refractivity contribution >= 4 is 5.97 Å². The van der Waals surface area contributed by atoms with Crippen molar-refractivity contribution < 1.29 is 9.53 Å². The molecule has 1 atom stereocenters. The van der Waals surface area contributed by atoms with Crippen LogP contribution in [0.1, 0.15) is 6.42 Å². The van der Waals surface area contributed by atoms with Crippen molar-refractivity contribution in [3.63, 3.8) is 0 Å². The van der Waals surface area contributed by atoms with Crippen molar-refractivity contribution in [1.29, 1.82) is 5.26 Å². The van der Waals surface area contributed by atoms with Crippen LogP contribution in [0.15, 0.2) is 0 Å². The first-order valence-electron chi connectivity index (χ1n) is 5.31. The average Bonchev–Trinajstić information content (AvgIpc) is 2.66. The maximum absolute atomic E-state index is 11.4. The molecule has 0 saturated carbocycles. The Morgan fingerprint density at radius 1 is 1.40 bits per heavy atom. The van der Waals surface area contributed by atoms with Crippen LogP contribution in [0.2, 0.25) is 0 Å². The Kier molecular flexibility index (Phi) is 3.19. The zero-order valence-corrected chi connectivity index (χ0v) is 8.69. The van der Waals surface area contributed by atoms with Crippen LogP contribution in [0, 0.1) is 11.3 Å². The number of piperazine rings is 1. The van der Waals surface area contributed by atoms with E-state index in [0.29, 0.717) is 13.2 Å². The Balaban J connectivity index is 1.83. The van der Waals surface area contributed by atoms with Crippen LogP contribution in [0.3, 0.4) is 0 Å². The van der Waals surface area contributed by atoms with Crippen molar-refractivity contribution in [3.8, 4) is 6.07 Å². The predicted octanol–water partition coefficient (Wildman–Crippen LogP) is -0.557. The summed E-state index contributed by atoms with van der Waals surface area (Å²) in [6.07, 6.45) is 0.817. The first-order valence-corrected chi connectivity index (χ1v) is 5.31. The number of nitriles is 1. The lowest BCUT2D eigenvalue weighted by atomic mass is 10.2. The molecule has 0 amide bonds. The van der Waals surface area contributed by atoms with Gasteiger partial charge in [-0.3, -0.25) is 14.6 Å². The van der Waals surface area contributed by atoms with Gasteiger partial charge in [-0.25, -0.2) is 0 Å². The van der Waals surface area contributed by atoms with Crippen LogP contribution in [0.25, 0.3) is 0 Å². The number of esters is 1. The molecule has 15 heavy (non-hydrogen) atoms. The fourth-order valence-corrected chi connectivity index (χ4v) is 2.15. The monoisotopic (exact) mass is 209 g/mol. The molecule has 2 heterocycles. The summed E-state index contributed by atoms with van der Waals surface area (Å²) in [6.45, 7) is 4.52. The second kappa shape index (κ2) is 4.60. The summed E-state index contributed by atoms with van der Waals surface area (Å²) in [5.74, 6) is -0.0799. The van der Waals surface area contributed by atoms with Gasteiger partial charge in [0.1, 0.15) is 6.04 Å². The zero-order chi connectivity index (χ0) is 10.7. The van der Waals surface area contributed by atoms with Crippen LogP contribution < -0.4 is 0 Å². The van der Waals surface area contributed by atoms with Gasteiger partial charge in [0.05, 0.1) is 19.2 Å². The Labute approximate surface area is 89.2 Å². The van der Waals surface area contributed by atoms with Crippen LogP contribution in [0.5, 0.6) is 0 Å². The third-order valence-corrected chi connectivity index (χ3v) is 3.05. The standard InChI is InChI=1S/C10H15N3O2/c11-2-3-12-4-6-13(7-5-12)9-1-8-15-10(9)14/h9H,1,3-8H2. The third kappa shape index (κ3) is 2.28. The molecule has 2 aliphatic heterocycles. The molecule has 2 fully saturated rings. The van der Waals surface area contributed by atoms with E-state index in [1.54, 1.807) is 0 Å². The molecule has 0 bridgehead atoms. The number of carbonyl (C=O) groups excluding carboxylic acids is 1. The number of carbonyl (C=O) groups is 1. The summed E-state index contributed by atoms with van der Waals surface area (Å²) < 4.78 is 4.95. The van der Waals surface area contributed by atoms with Crippen molar-refractivity contribution in [2.45, 2.75) is 12.5 Å². The average molecular weight is 209 g/mol. The highest BCUT2D eigenvalue weighted by Crippen LogP contribution is 2.15. The Hall–Kier alpha value is -1.12. The normalized spacial score (nSPS) is 28.7. The molecular weight excluding hydrogens is 194 g/mol. The van der Waals surface area contributed by atoms with Gasteiger partial charge in [0.15, 0.2) is 0 Å². The molecule has 0 radical (unpaired) electrons. The molecule has 5 nitrogen and oxygen atoms in total. The van der Waals surface area contributed by atoms with E-state index < -0.39 is 0 Å². The van der Waals surface area contributed by atoms with Gasteiger partial charge in [-0.15, -0.1) is 0 Å². The maximum atomic E-state index is 11.4. The van der Waals surface area contributed by atoms with Gasteiger partial charge in [-0.2, -0.15) is 5.26 Å². The smallest absolute Gasteiger partial charge is 0.323 e. The molecule has 2 aliphatic rings. The van der Waals surface area contributed by atoms with Crippen molar-refractivity contribution in [2.24, 2.45) is 0 Å². The number of rotatable bonds is 2. The first-order chi connectivity index (χ1) is 7.31. The minimum atomic E-state index is -0.0799. The van der Waals surface area contributed by atoms with Crippen LogP contribution in [0.4, 0.5) is 0 Å². The second-order valence-corrected chi connectivity index (χ2v) is 3.94. The Morgan fingerprint density at radius 3 is 2.67 bits per heavy atom. The Morgan fingerprint density at radius 2 is 2.13 bits per heavy atom. The van der Waals surface area contributed by atoms with Crippen molar-refractivity contribution in [2.75, 3.05) is 39.3 Å².